The summed E-state index contributed by atoms with van der Waals surface area (Å²) in [5.41, 5.74) is 2.36. The Bertz CT molecular complexity index is 531. The van der Waals surface area contributed by atoms with Crippen LogP contribution in [0.2, 0.25) is 0 Å². The maximum absolute atomic E-state index is 4.49. The molecular weight excluding hydrogens is 246 g/mol. The highest BCUT2D eigenvalue weighted by Gasteiger charge is 2.05. The first-order valence-electron chi connectivity index (χ1n) is 7.43. The second-order valence-corrected chi connectivity index (χ2v) is 5.83. The van der Waals surface area contributed by atoms with Crippen molar-refractivity contribution in [3.63, 3.8) is 0 Å². The van der Waals surface area contributed by atoms with Crippen molar-refractivity contribution in [2.24, 2.45) is 5.92 Å². The van der Waals surface area contributed by atoms with Crippen LogP contribution in [0, 0.1) is 5.92 Å². The van der Waals surface area contributed by atoms with Crippen molar-refractivity contribution in [1.82, 2.24) is 15.6 Å². The second-order valence-electron chi connectivity index (χ2n) is 5.83. The first kappa shape index (κ1) is 14.9. The monoisotopic (exact) mass is 271 g/mol. The molecule has 0 saturated heterocycles. The van der Waals surface area contributed by atoms with E-state index in [9.17, 15) is 0 Å². The van der Waals surface area contributed by atoms with Gasteiger partial charge in [0.2, 0.25) is 0 Å². The molecule has 0 aliphatic heterocycles. The summed E-state index contributed by atoms with van der Waals surface area (Å²) in [6.07, 6.45) is 1.86. The summed E-state index contributed by atoms with van der Waals surface area (Å²) in [5.74, 6) is 0.699. The van der Waals surface area contributed by atoms with Crippen LogP contribution in [0.1, 0.15) is 26.3 Å². The van der Waals surface area contributed by atoms with Crippen LogP contribution in [-0.4, -0.2) is 24.1 Å². The van der Waals surface area contributed by atoms with Crippen molar-refractivity contribution in [3.8, 4) is 0 Å². The molecule has 0 fully saturated rings. The molecule has 0 aliphatic rings. The standard InChI is InChI=1S/C17H25N3/c1-13(2)10-18-11-14(3)20-12-16-7-4-6-15-8-5-9-19-17(15)16/h4-9,13-14,18,20H,10-12H2,1-3H3. The zero-order valence-corrected chi connectivity index (χ0v) is 12.7. The van der Waals surface area contributed by atoms with E-state index in [1.54, 1.807) is 0 Å². The molecule has 0 aliphatic carbocycles. The molecule has 1 aromatic carbocycles. The topological polar surface area (TPSA) is 37.0 Å². The Kier molecular flexibility index (Phi) is 5.50. The molecule has 0 bridgehead atoms. The quantitative estimate of drug-likeness (QED) is 0.813. The third-order valence-corrected chi connectivity index (χ3v) is 3.36. The normalized spacial score (nSPS) is 13.0. The minimum Gasteiger partial charge on any atom is -0.315 e. The summed E-state index contributed by atoms with van der Waals surface area (Å²) in [5, 5.41) is 8.25. The molecule has 108 valence electrons. The number of fused-ring (bicyclic) bond motifs is 1. The number of hydrogen-bond donors (Lipinski definition) is 2. The smallest absolute Gasteiger partial charge is 0.0746 e. The van der Waals surface area contributed by atoms with Gasteiger partial charge in [0.25, 0.3) is 0 Å². The van der Waals surface area contributed by atoms with Crippen molar-refractivity contribution in [2.45, 2.75) is 33.4 Å². The lowest BCUT2D eigenvalue weighted by Gasteiger charge is -2.16. The SMILES string of the molecule is CC(C)CNCC(C)NCc1cccc2cccnc12. The van der Waals surface area contributed by atoms with Crippen LogP contribution in [-0.2, 0) is 6.54 Å². The Balaban J connectivity index is 1.89. The van der Waals surface area contributed by atoms with E-state index in [1.165, 1.54) is 10.9 Å². The van der Waals surface area contributed by atoms with E-state index < -0.39 is 0 Å². The largest absolute Gasteiger partial charge is 0.315 e. The van der Waals surface area contributed by atoms with Crippen LogP contribution in [0.5, 0.6) is 0 Å². The number of nitrogens with one attached hydrogen (secondary N) is 2. The fraction of sp³-hybridized carbons (Fsp3) is 0.471. The van der Waals surface area contributed by atoms with E-state index in [0.717, 1.165) is 25.2 Å². The second kappa shape index (κ2) is 7.36. The van der Waals surface area contributed by atoms with E-state index in [2.05, 4.69) is 60.7 Å². The Labute approximate surface area is 121 Å². The molecule has 2 aromatic rings. The lowest BCUT2D eigenvalue weighted by molar-refractivity contribution is 0.472. The van der Waals surface area contributed by atoms with Gasteiger partial charge < -0.3 is 10.6 Å². The molecule has 1 aromatic heterocycles. The van der Waals surface area contributed by atoms with Gasteiger partial charge >= 0.3 is 0 Å². The van der Waals surface area contributed by atoms with Crippen LogP contribution in [0.3, 0.4) is 0 Å². The predicted molar refractivity (Wildman–Crippen MR) is 85.8 cm³/mol. The summed E-state index contributed by atoms with van der Waals surface area (Å²) in [6.45, 7) is 9.60. The van der Waals surface area contributed by atoms with Crippen molar-refractivity contribution in [1.29, 1.82) is 0 Å². The zero-order chi connectivity index (χ0) is 14.4. The lowest BCUT2D eigenvalue weighted by atomic mass is 10.1. The molecule has 1 heterocycles. The van der Waals surface area contributed by atoms with Gasteiger partial charge in [0, 0.05) is 30.7 Å². The average molecular weight is 271 g/mol. The Morgan fingerprint density at radius 1 is 1.05 bits per heavy atom. The van der Waals surface area contributed by atoms with Crippen molar-refractivity contribution >= 4 is 10.9 Å². The Morgan fingerprint density at radius 2 is 1.85 bits per heavy atom. The minimum absolute atomic E-state index is 0.452. The van der Waals surface area contributed by atoms with E-state index in [-0.39, 0.29) is 0 Å². The van der Waals surface area contributed by atoms with Crippen LogP contribution >= 0.6 is 0 Å². The van der Waals surface area contributed by atoms with Gasteiger partial charge in [-0.25, -0.2) is 0 Å². The van der Waals surface area contributed by atoms with E-state index in [4.69, 9.17) is 0 Å². The highest BCUT2D eigenvalue weighted by Crippen LogP contribution is 2.15. The Hall–Kier alpha value is -1.45. The number of aromatic nitrogens is 1. The van der Waals surface area contributed by atoms with Gasteiger partial charge in [-0.1, -0.05) is 38.1 Å². The van der Waals surface area contributed by atoms with Gasteiger partial charge in [0.15, 0.2) is 0 Å². The highest BCUT2D eigenvalue weighted by molar-refractivity contribution is 5.81. The molecule has 0 radical (unpaired) electrons. The Morgan fingerprint density at radius 3 is 2.65 bits per heavy atom. The van der Waals surface area contributed by atoms with E-state index >= 15 is 0 Å². The zero-order valence-electron chi connectivity index (χ0n) is 12.7. The number of hydrogen-bond acceptors (Lipinski definition) is 3. The van der Waals surface area contributed by atoms with E-state index in [0.29, 0.717) is 12.0 Å². The number of nitrogens with zero attached hydrogens (tertiary/aromatic N) is 1. The first-order valence-corrected chi connectivity index (χ1v) is 7.43. The molecule has 3 nitrogen and oxygen atoms in total. The summed E-state index contributed by atoms with van der Waals surface area (Å²) >= 11 is 0. The maximum Gasteiger partial charge on any atom is 0.0746 e. The third kappa shape index (κ3) is 4.29. The maximum atomic E-state index is 4.49. The van der Waals surface area contributed by atoms with Crippen LogP contribution in [0.4, 0.5) is 0 Å². The van der Waals surface area contributed by atoms with Gasteiger partial charge in [0.05, 0.1) is 5.52 Å². The van der Waals surface area contributed by atoms with Crippen LogP contribution < -0.4 is 10.6 Å². The van der Waals surface area contributed by atoms with Crippen molar-refractivity contribution < 1.29 is 0 Å². The van der Waals surface area contributed by atoms with Gasteiger partial charge in [-0.3, -0.25) is 4.98 Å². The molecular formula is C17H25N3. The molecule has 3 heteroatoms. The van der Waals surface area contributed by atoms with Gasteiger partial charge in [-0.15, -0.1) is 0 Å². The summed E-state index contributed by atoms with van der Waals surface area (Å²) < 4.78 is 0. The molecule has 0 amide bonds. The van der Waals surface area contributed by atoms with Crippen LogP contribution in [0.25, 0.3) is 10.9 Å². The van der Waals surface area contributed by atoms with Crippen molar-refractivity contribution in [3.05, 3.63) is 42.1 Å². The number of rotatable bonds is 7. The number of pyridine rings is 1. The summed E-state index contributed by atoms with van der Waals surface area (Å²) in [6, 6.07) is 10.9. The highest BCUT2D eigenvalue weighted by atomic mass is 15.0. The van der Waals surface area contributed by atoms with Crippen LogP contribution in [0.15, 0.2) is 36.5 Å². The fourth-order valence-corrected chi connectivity index (χ4v) is 2.25. The number of benzene rings is 1. The number of para-hydroxylation sites is 1. The van der Waals surface area contributed by atoms with Gasteiger partial charge in [-0.2, -0.15) is 0 Å². The lowest BCUT2D eigenvalue weighted by Crippen LogP contribution is -2.37. The molecule has 1 unspecified atom stereocenters. The first-order chi connectivity index (χ1) is 9.66. The summed E-state index contributed by atoms with van der Waals surface area (Å²) in [4.78, 5) is 4.49. The molecule has 2 rings (SSSR count). The molecule has 2 N–H and O–H groups in total. The average Bonchev–Trinajstić information content (AvgIpc) is 2.44. The predicted octanol–water partition coefficient (Wildman–Crippen LogP) is 2.96. The third-order valence-electron chi connectivity index (χ3n) is 3.36. The molecule has 20 heavy (non-hydrogen) atoms. The van der Waals surface area contributed by atoms with Gasteiger partial charge in [-0.05, 0) is 31.0 Å². The van der Waals surface area contributed by atoms with Crippen molar-refractivity contribution in [2.75, 3.05) is 13.1 Å². The molecule has 1 atom stereocenters. The molecule has 0 saturated carbocycles. The van der Waals surface area contributed by atoms with Gasteiger partial charge in [0.1, 0.15) is 0 Å². The summed E-state index contributed by atoms with van der Waals surface area (Å²) in [7, 11) is 0. The molecule has 0 spiro atoms. The minimum atomic E-state index is 0.452. The fourth-order valence-electron chi connectivity index (χ4n) is 2.25. The van der Waals surface area contributed by atoms with E-state index in [1.807, 2.05) is 12.3 Å².